The second-order valence-electron chi connectivity index (χ2n) is 3.13. The molecule has 0 fully saturated rings. The molecule has 1 N–H and O–H groups in total. The van der Waals surface area contributed by atoms with Crippen LogP contribution in [0.25, 0.3) is 10.8 Å². The molecule has 0 spiro atoms. The number of hydrogen-bond donors (Lipinski definition) is 1. The molecular formula is C12H11NO. The third-order valence-electron chi connectivity index (χ3n) is 2.24. The maximum atomic E-state index is 11.7. The molecule has 2 nitrogen and oxygen atoms in total. The van der Waals surface area contributed by atoms with Crippen molar-refractivity contribution in [2.24, 2.45) is 0 Å². The number of benzene rings is 1. The Morgan fingerprint density at radius 1 is 1.07 bits per heavy atom. The highest BCUT2D eigenvalue weighted by Gasteiger charge is 1.95. The Hall–Kier alpha value is -1.83. The molecule has 70 valence electrons. The Kier molecular flexibility index (Phi) is 2.19. The molecule has 0 aromatic heterocycles. The van der Waals surface area contributed by atoms with Gasteiger partial charge in [-0.1, -0.05) is 30.3 Å². The zero-order chi connectivity index (χ0) is 9.97. The Bertz CT molecular complexity index is 520. The summed E-state index contributed by atoms with van der Waals surface area (Å²) in [5.41, 5.74) is 0.890. The molecule has 0 heterocycles. The van der Waals surface area contributed by atoms with Gasteiger partial charge in [0.05, 0.1) is 0 Å². The molecule has 2 rings (SSSR count). The molecule has 0 unspecified atom stereocenters. The maximum Gasteiger partial charge on any atom is 0.188 e. The van der Waals surface area contributed by atoms with Crippen molar-refractivity contribution in [1.82, 2.24) is 0 Å². The zero-order valence-corrected chi connectivity index (χ0v) is 7.95. The van der Waals surface area contributed by atoms with Gasteiger partial charge in [0.25, 0.3) is 0 Å². The van der Waals surface area contributed by atoms with Crippen LogP contribution in [0.3, 0.4) is 0 Å². The number of rotatable bonds is 1. The summed E-state index contributed by atoms with van der Waals surface area (Å²) in [6, 6.07) is 13.1. The lowest BCUT2D eigenvalue weighted by atomic mass is 10.2. The molecule has 0 aliphatic rings. The third-order valence-corrected chi connectivity index (χ3v) is 2.24. The van der Waals surface area contributed by atoms with Crippen LogP contribution in [0.1, 0.15) is 0 Å². The summed E-state index contributed by atoms with van der Waals surface area (Å²) >= 11 is 0. The van der Waals surface area contributed by atoms with Gasteiger partial charge in [0.1, 0.15) is 0 Å². The van der Waals surface area contributed by atoms with Gasteiger partial charge in [0, 0.05) is 24.2 Å². The molecule has 0 aliphatic carbocycles. The molecule has 0 saturated heterocycles. The molecule has 0 atom stereocenters. The van der Waals surface area contributed by atoms with E-state index in [0.29, 0.717) is 0 Å². The minimum Gasteiger partial charge on any atom is -0.388 e. The lowest BCUT2D eigenvalue weighted by molar-refractivity contribution is 1.53. The molecule has 0 radical (unpaired) electrons. The topological polar surface area (TPSA) is 29.1 Å². The number of hydrogen-bond acceptors (Lipinski definition) is 2. The Morgan fingerprint density at radius 2 is 1.86 bits per heavy atom. The second-order valence-corrected chi connectivity index (χ2v) is 3.13. The van der Waals surface area contributed by atoms with Gasteiger partial charge in [-0.25, -0.2) is 0 Å². The Labute approximate surface area is 82.2 Å². The lowest BCUT2D eigenvalue weighted by Crippen LogP contribution is -1.96. The number of anilines is 1. The maximum absolute atomic E-state index is 11.7. The molecular weight excluding hydrogens is 174 g/mol. The lowest BCUT2D eigenvalue weighted by Gasteiger charge is -1.90. The predicted octanol–water partition coefficient (Wildman–Crippen LogP) is 2.24. The van der Waals surface area contributed by atoms with Crippen molar-refractivity contribution < 1.29 is 0 Å². The van der Waals surface area contributed by atoms with E-state index in [0.717, 1.165) is 16.5 Å². The summed E-state index contributed by atoms with van der Waals surface area (Å²) in [7, 11) is 1.80. The van der Waals surface area contributed by atoms with Gasteiger partial charge in [0.15, 0.2) is 5.43 Å². The number of fused-ring (bicyclic) bond motifs is 1. The van der Waals surface area contributed by atoms with E-state index in [1.54, 1.807) is 13.1 Å². The minimum absolute atomic E-state index is 0.0509. The second kappa shape index (κ2) is 3.50. The fourth-order valence-electron chi connectivity index (χ4n) is 1.47. The van der Waals surface area contributed by atoms with Gasteiger partial charge in [0.2, 0.25) is 0 Å². The normalized spacial score (nSPS) is 10.1. The van der Waals surface area contributed by atoms with Gasteiger partial charge < -0.3 is 5.32 Å². The summed E-state index contributed by atoms with van der Waals surface area (Å²) in [4.78, 5) is 11.7. The summed E-state index contributed by atoms with van der Waals surface area (Å²) in [5, 5.41) is 4.69. The Morgan fingerprint density at radius 3 is 2.64 bits per heavy atom. The van der Waals surface area contributed by atoms with Gasteiger partial charge in [-0.15, -0.1) is 0 Å². The van der Waals surface area contributed by atoms with Crippen LogP contribution in [0, 0.1) is 0 Å². The highest BCUT2D eigenvalue weighted by Crippen LogP contribution is 2.10. The van der Waals surface area contributed by atoms with E-state index < -0.39 is 0 Å². The van der Waals surface area contributed by atoms with E-state index in [9.17, 15) is 4.79 Å². The third kappa shape index (κ3) is 1.46. The van der Waals surface area contributed by atoms with Crippen LogP contribution in [0.15, 0.2) is 47.3 Å². The monoisotopic (exact) mass is 185 g/mol. The van der Waals surface area contributed by atoms with Crippen LogP contribution in [-0.4, -0.2) is 7.05 Å². The molecule has 2 heteroatoms. The fourth-order valence-corrected chi connectivity index (χ4v) is 1.47. The summed E-state index contributed by atoms with van der Waals surface area (Å²) < 4.78 is 0. The smallest absolute Gasteiger partial charge is 0.188 e. The quantitative estimate of drug-likeness (QED) is 0.738. The summed E-state index contributed by atoms with van der Waals surface area (Å²) in [5.74, 6) is 0. The van der Waals surface area contributed by atoms with E-state index >= 15 is 0 Å². The van der Waals surface area contributed by atoms with Crippen LogP contribution in [0.5, 0.6) is 0 Å². The fraction of sp³-hybridized carbons (Fsp3) is 0.0833. The Balaban J connectivity index is 2.89. The van der Waals surface area contributed by atoms with Crippen LogP contribution >= 0.6 is 0 Å². The van der Waals surface area contributed by atoms with E-state index in [-0.39, 0.29) is 5.43 Å². The molecule has 0 bridgehead atoms. The largest absolute Gasteiger partial charge is 0.388 e. The van der Waals surface area contributed by atoms with Gasteiger partial charge in [-0.3, -0.25) is 4.79 Å². The first kappa shape index (κ1) is 8.75. The SMILES string of the molecule is CNc1ccc2ccccc2c(=O)c1. The van der Waals surface area contributed by atoms with E-state index in [4.69, 9.17) is 0 Å². The minimum atomic E-state index is 0.0509. The average molecular weight is 185 g/mol. The van der Waals surface area contributed by atoms with Crippen molar-refractivity contribution >= 4 is 16.5 Å². The van der Waals surface area contributed by atoms with E-state index in [1.807, 2.05) is 36.4 Å². The van der Waals surface area contributed by atoms with Crippen molar-refractivity contribution in [3.63, 3.8) is 0 Å². The first-order valence-corrected chi connectivity index (χ1v) is 4.52. The number of nitrogens with one attached hydrogen (secondary N) is 1. The van der Waals surface area contributed by atoms with Crippen molar-refractivity contribution in [2.75, 3.05) is 12.4 Å². The zero-order valence-electron chi connectivity index (χ0n) is 7.95. The predicted molar refractivity (Wildman–Crippen MR) is 59.8 cm³/mol. The highest BCUT2D eigenvalue weighted by molar-refractivity contribution is 5.82. The van der Waals surface area contributed by atoms with Crippen LogP contribution < -0.4 is 10.7 Å². The first-order valence-electron chi connectivity index (χ1n) is 4.52. The molecule has 0 amide bonds. The van der Waals surface area contributed by atoms with Crippen molar-refractivity contribution in [2.45, 2.75) is 0 Å². The molecule has 2 aromatic carbocycles. The molecule has 0 saturated carbocycles. The van der Waals surface area contributed by atoms with E-state index in [1.165, 1.54) is 0 Å². The van der Waals surface area contributed by atoms with Crippen molar-refractivity contribution in [3.8, 4) is 0 Å². The summed E-state index contributed by atoms with van der Waals surface area (Å²) in [6.07, 6.45) is 0. The van der Waals surface area contributed by atoms with E-state index in [2.05, 4.69) is 5.32 Å². The van der Waals surface area contributed by atoms with Gasteiger partial charge >= 0.3 is 0 Å². The highest BCUT2D eigenvalue weighted by atomic mass is 16.1. The van der Waals surface area contributed by atoms with Crippen LogP contribution in [-0.2, 0) is 0 Å². The average Bonchev–Trinajstić information content (AvgIpc) is 2.39. The van der Waals surface area contributed by atoms with Crippen molar-refractivity contribution in [3.05, 3.63) is 52.7 Å². The van der Waals surface area contributed by atoms with Gasteiger partial charge in [-0.2, -0.15) is 0 Å². The first-order chi connectivity index (χ1) is 6.81. The standard InChI is InChI=1S/C12H11NO/c1-13-10-7-6-9-4-2-3-5-11(9)12(14)8-10/h2-8,13H,1H3. The van der Waals surface area contributed by atoms with Crippen LogP contribution in [0.4, 0.5) is 5.69 Å². The van der Waals surface area contributed by atoms with Crippen LogP contribution in [0.2, 0.25) is 0 Å². The van der Waals surface area contributed by atoms with Gasteiger partial charge in [-0.05, 0) is 11.5 Å². The molecule has 2 aromatic rings. The summed E-state index contributed by atoms with van der Waals surface area (Å²) in [6.45, 7) is 0. The van der Waals surface area contributed by atoms with Crippen molar-refractivity contribution in [1.29, 1.82) is 0 Å². The molecule has 14 heavy (non-hydrogen) atoms. The molecule has 0 aliphatic heterocycles.